The van der Waals surface area contributed by atoms with E-state index in [2.05, 4.69) is 51.6 Å². The van der Waals surface area contributed by atoms with E-state index in [0.29, 0.717) is 23.5 Å². The summed E-state index contributed by atoms with van der Waals surface area (Å²) in [5.74, 6) is -0.204. The first-order valence-electron chi connectivity index (χ1n) is 12.3. The molecule has 1 heterocycles. The lowest BCUT2D eigenvalue weighted by atomic mass is 10.0. The average Bonchev–Trinajstić information content (AvgIpc) is 3.48. The minimum absolute atomic E-state index is 0.204. The molecule has 38 heavy (non-hydrogen) atoms. The van der Waals surface area contributed by atoms with Crippen LogP contribution in [0.5, 0.6) is 0 Å². The van der Waals surface area contributed by atoms with Gasteiger partial charge in [0, 0.05) is 54.3 Å². The topological polar surface area (TPSA) is 56.9 Å². The lowest BCUT2D eigenvalue weighted by molar-refractivity contribution is 0.625. The number of hydrogen-bond acceptors (Lipinski definition) is 4. The molecular weight excluding hydrogens is 541 g/mol. The highest BCUT2D eigenvalue weighted by Gasteiger charge is 2.08. The van der Waals surface area contributed by atoms with Crippen molar-refractivity contribution in [1.29, 1.82) is 5.41 Å². The lowest BCUT2D eigenvalue weighted by Crippen LogP contribution is -2.11. The number of halogens is 2. The van der Waals surface area contributed by atoms with E-state index in [4.69, 9.17) is 5.41 Å². The molecule has 198 valence electrons. The largest absolute Gasteiger partial charge is 0.380 e. The molecule has 0 aliphatic heterocycles. The predicted molar refractivity (Wildman–Crippen MR) is 164 cm³/mol. The molecule has 0 atom stereocenters. The Morgan fingerprint density at radius 2 is 1.74 bits per heavy atom. The van der Waals surface area contributed by atoms with Gasteiger partial charge in [-0.15, -0.1) is 0 Å². The van der Waals surface area contributed by atoms with Gasteiger partial charge < -0.3 is 15.6 Å². The fourth-order valence-electron chi connectivity index (χ4n) is 3.47. The highest BCUT2D eigenvalue weighted by Crippen LogP contribution is 2.27. The number of para-hydroxylation sites is 2. The number of anilines is 2. The number of benzene rings is 3. The molecule has 0 aliphatic carbocycles. The molecule has 3 aromatic carbocycles. The van der Waals surface area contributed by atoms with Gasteiger partial charge in [-0.05, 0) is 64.0 Å². The molecule has 0 aliphatic rings. The Balaban J connectivity index is 0.000000327. The Kier molecular flexibility index (Phi) is 12.2. The van der Waals surface area contributed by atoms with E-state index < -0.39 is 0 Å². The van der Waals surface area contributed by atoms with Crippen molar-refractivity contribution in [2.24, 2.45) is 0 Å². The van der Waals surface area contributed by atoms with Crippen LogP contribution < -0.4 is 10.2 Å². The van der Waals surface area contributed by atoms with Crippen LogP contribution in [0.3, 0.4) is 0 Å². The minimum Gasteiger partial charge on any atom is -0.380 e. The van der Waals surface area contributed by atoms with Gasteiger partial charge in [-0.25, -0.2) is 9.07 Å². The van der Waals surface area contributed by atoms with Crippen molar-refractivity contribution in [1.82, 2.24) is 9.78 Å². The smallest absolute Gasteiger partial charge is 0.147 e. The molecule has 0 fully saturated rings. The highest BCUT2D eigenvalue weighted by molar-refractivity contribution is 9.10. The van der Waals surface area contributed by atoms with Crippen molar-refractivity contribution in [3.8, 4) is 5.69 Å². The minimum atomic E-state index is -0.204. The van der Waals surface area contributed by atoms with Crippen LogP contribution in [0.4, 0.5) is 15.8 Å². The molecule has 0 amide bonds. The maximum absolute atomic E-state index is 13.0. The number of nitrogens with one attached hydrogen (secondary N) is 2. The SMILES string of the molecule is C=CC(=N)C(=C)c1ccccc1NCc1ccc(-n2cccn2)cc1.CC.CN(C)c1c(F)cccc1Br. The molecule has 0 saturated carbocycles. The highest BCUT2D eigenvalue weighted by atomic mass is 79.9. The lowest BCUT2D eigenvalue weighted by Gasteiger charge is -2.14. The predicted octanol–water partition coefficient (Wildman–Crippen LogP) is 8.38. The molecule has 4 aromatic rings. The molecule has 0 saturated heterocycles. The van der Waals surface area contributed by atoms with Gasteiger partial charge in [0.15, 0.2) is 0 Å². The van der Waals surface area contributed by atoms with Crippen LogP contribution in [-0.2, 0) is 6.54 Å². The second-order valence-electron chi connectivity index (χ2n) is 8.08. The molecule has 1 aromatic heterocycles. The van der Waals surface area contributed by atoms with Crippen LogP contribution in [0, 0.1) is 11.2 Å². The monoisotopic (exact) mass is 575 g/mol. The van der Waals surface area contributed by atoms with Crippen LogP contribution in [0.1, 0.15) is 25.0 Å². The number of rotatable bonds is 8. The van der Waals surface area contributed by atoms with E-state index in [1.54, 1.807) is 17.2 Å². The van der Waals surface area contributed by atoms with Gasteiger partial charge in [0.25, 0.3) is 0 Å². The standard InChI is InChI=1S/C21H20N4.C8H9BrFN.C2H6/c1-3-20(22)16(2)19-7-4-5-8-21(19)23-15-17-9-11-18(12-10-17)25-14-6-13-24-25;1-11(2)8-6(9)4-3-5-7(8)10;1-2/h3-14,22-23H,1-2,15H2;3-5H,1-2H3;1-2H3. The maximum atomic E-state index is 13.0. The number of hydrogen-bond donors (Lipinski definition) is 2. The summed E-state index contributed by atoms with van der Waals surface area (Å²) >= 11 is 3.27. The van der Waals surface area contributed by atoms with Crippen LogP contribution in [-0.4, -0.2) is 29.6 Å². The van der Waals surface area contributed by atoms with Crippen LogP contribution in [0.25, 0.3) is 11.3 Å². The van der Waals surface area contributed by atoms with Crippen molar-refractivity contribution >= 4 is 38.6 Å². The first-order chi connectivity index (χ1) is 18.3. The summed E-state index contributed by atoms with van der Waals surface area (Å²) in [6.45, 7) is 12.3. The molecule has 2 N–H and O–H groups in total. The summed E-state index contributed by atoms with van der Waals surface area (Å²) in [4.78, 5) is 1.74. The van der Waals surface area contributed by atoms with Crippen molar-refractivity contribution in [3.05, 3.63) is 126 Å². The van der Waals surface area contributed by atoms with Crippen LogP contribution >= 0.6 is 15.9 Å². The third kappa shape index (κ3) is 8.28. The summed E-state index contributed by atoms with van der Waals surface area (Å²) < 4.78 is 15.6. The average molecular weight is 577 g/mol. The van der Waals surface area contributed by atoms with Gasteiger partial charge in [0.2, 0.25) is 0 Å². The van der Waals surface area contributed by atoms with Crippen molar-refractivity contribution < 1.29 is 4.39 Å². The molecule has 4 rings (SSSR count). The van der Waals surface area contributed by atoms with E-state index >= 15 is 0 Å². The normalized spacial score (nSPS) is 9.74. The van der Waals surface area contributed by atoms with Crippen LogP contribution in [0.2, 0.25) is 0 Å². The Morgan fingerprint density at radius 3 is 2.29 bits per heavy atom. The molecule has 0 spiro atoms. The third-order valence-electron chi connectivity index (χ3n) is 5.35. The van der Waals surface area contributed by atoms with Crippen molar-refractivity contribution in [3.63, 3.8) is 0 Å². The van der Waals surface area contributed by atoms with E-state index in [9.17, 15) is 4.39 Å². The van der Waals surface area contributed by atoms with Gasteiger partial charge in [0.05, 0.1) is 17.1 Å². The summed E-state index contributed by atoms with van der Waals surface area (Å²) in [5, 5.41) is 15.6. The second-order valence-corrected chi connectivity index (χ2v) is 8.93. The van der Waals surface area contributed by atoms with E-state index in [0.717, 1.165) is 27.0 Å². The fourth-order valence-corrected chi connectivity index (χ4v) is 4.17. The van der Waals surface area contributed by atoms with Gasteiger partial charge in [0.1, 0.15) is 5.82 Å². The van der Waals surface area contributed by atoms with E-state index in [1.807, 2.05) is 87.4 Å². The zero-order valence-corrected chi connectivity index (χ0v) is 24.0. The van der Waals surface area contributed by atoms with Gasteiger partial charge in [-0.1, -0.05) is 63.4 Å². The summed E-state index contributed by atoms with van der Waals surface area (Å²) in [7, 11) is 3.62. The Labute approximate surface area is 234 Å². The quantitative estimate of drug-likeness (QED) is 0.207. The molecule has 0 bridgehead atoms. The number of nitrogens with zero attached hydrogens (tertiary/aromatic N) is 3. The Morgan fingerprint density at radius 1 is 1.05 bits per heavy atom. The third-order valence-corrected chi connectivity index (χ3v) is 5.99. The second kappa shape index (κ2) is 15.3. The van der Waals surface area contributed by atoms with Crippen molar-refractivity contribution in [2.75, 3.05) is 24.3 Å². The van der Waals surface area contributed by atoms with Gasteiger partial charge >= 0.3 is 0 Å². The van der Waals surface area contributed by atoms with Crippen molar-refractivity contribution in [2.45, 2.75) is 20.4 Å². The van der Waals surface area contributed by atoms with E-state index in [1.165, 1.54) is 12.1 Å². The number of allylic oxidation sites excluding steroid dienone is 2. The number of aromatic nitrogens is 2. The molecule has 0 unspecified atom stereocenters. The Hall–Kier alpha value is -3.97. The summed E-state index contributed by atoms with van der Waals surface area (Å²) in [6.07, 6.45) is 5.19. The molecule has 5 nitrogen and oxygen atoms in total. The van der Waals surface area contributed by atoms with Gasteiger partial charge in [-0.2, -0.15) is 5.10 Å². The summed E-state index contributed by atoms with van der Waals surface area (Å²) in [5.41, 5.74) is 5.64. The zero-order chi connectivity index (χ0) is 28.1. The van der Waals surface area contributed by atoms with Crippen LogP contribution in [0.15, 0.2) is 109 Å². The fraction of sp³-hybridized carbons (Fsp3) is 0.161. The Bertz CT molecular complexity index is 1310. The van der Waals surface area contributed by atoms with E-state index in [-0.39, 0.29) is 5.82 Å². The first kappa shape index (κ1) is 30.3. The molecule has 0 radical (unpaired) electrons. The van der Waals surface area contributed by atoms with Gasteiger partial charge in [-0.3, -0.25) is 0 Å². The maximum Gasteiger partial charge on any atom is 0.147 e. The summed E-state index contributed by atoms with van der Waals surface area (Å²) in [6, 6.07) is 23.0. The first-order valence-corrected chi connectivity index (χ1v) is 13.0. The molecular formula is C31H35BrFN5. The zero-order valence-electron chi connectivity index (χ0n) is 22.4. The molecule has 7 heteroatoms.